The smallest absolute Gasteiger partial charge is 0.159 e. The summed E-state index contributed by atoms with van der Waals surface area (Å²) in [5.41, 5.74) is 8.35. The largest absolute Gasteiger partial charge is 0.309 e. The van der Waals surface area contributed by atoms with Crippen LogP contribution in [-0.4, -0.2) is 29.1 Å². The van der Waals surface area contributed by atoms with E-state index >= 15 is 8.78 Å². The topological polar surface area (TPSA) is 61.4 Å². The number of rotatable bonds is 5. The number of hydrogen-bond acceptors (Lipinski definition) is 4. The number of nitrogens with zero attached hydrogens (tertiary/aromatic N) is 6. The SMILES string of the molecule is Cc1c(-n2c3ccccc3c3cc(-c4ncccn4)ccc32)ccc(-c2c(F)cccc2F)c1-n1c2ccccc2c2cc(-c3ncccn3)ccc21. The summed E-state index contributed by atoms with van der Waals surface area (Å²) >= 11 is 0. The fourth-order valence-corrected chi connectivity index (χ4v) is 7.80. The van der Waals surface area contributed by atoms with Crippen LogP contribution in [0.5, 0.6) is 0 Å². The predicted octanol–water partition coefficient (Wildman–Crippen LogP) is 11.0. The zero-order chi connectivity index (χ0) is 35.6. The molecular formula is C45H28F2N6. The summed E-state index contributed by atoms with van der Waals surface area (Å²) in [6, 6.07) is 40.2. The second kappa shape index (κ2) is 12.0. The Bertz CT molecular complexity index is 3020. The van der Waals surface area contributed by atoms with Crippen LogP contribution in [0.25, 0.3) is 88.9 Å². The van der Waals surface area contributed by atoms with Gasteiger partial charge in [0.1, 0.15) is 11.6 Å². The zero-order valence-corrected chi connectivity index (χ0v) is 28.4. The first kappa shape index (κ1) is 30.7. The van der Waals surface area contributed by atoms with E-state index in [1.54, 1.807) is 36.9 Å². The van der Waals surface area contributed by atoms with E-state index in [-0.39, 0.29) is 5.56 Å². The Labute approximate surface area is 302 Å². The van der Waals surface area contributed by atoms with E-state index in [2.05, 4.69) is 71.5 Å². The maximum atomic E-state index is 15.8. The standard InChI is InChI=1S/C45H28F2N6/c1-27-37(52-38-13-4-2-9-30(38)33-25-28(15-18-40(33)52)44-48-21-7-22-49-44)20-17-32(42-35(46)11-6-12-36(42)47)43(27)53-39-14-5-3-10-31(39)34-26-29(16-19-41(34)53)45-50-23-8-24-51-45/h2-26H,1H3. The van der Waals surface area contributed by atoms with Crippen molar-refractivity contribution in [2.75, 3.05) is 0 Å². The molecular weight excluding hydrogens is 663 g/mol. The van der Waals surface area contributed by atoms with E-state index < -0.39 is 11.6 Å². The number of halogens is 2. The third-order valence-corrected chi connectivity index (χ3v) is 10.1. The molecule has 4 aromatic heterocycles. The van der Waals surface area contributed by atoms with Crippen LogP contribution in [0.4, 0.5) is 8.78 Å². The summed E-state index contributed by atoms with van der Waals surface area (Å²) in [5, 5.41) is 4.08. The zero-order valence-electron chi connectivity index (χ0n) is 28.4. The van der Waals surface area contributed by atoms with Crippen LogP contribution in [0.1, 0.15) is 5.56 Å². The average molecular weight is 691 g/mol. The van der Waals surface area contributed by atoms with E-state index in [1.165, 1.54) is 18.2 Å². The van der Waals surface area contributed by atoms with Crippen molar-refractivity contribution in [3.05, 3.63) is 169 Å². The average Bonchev–Trinajstić information content (AvgIpc) is 3.71. The molecule has 0 aliphatic heterocycles. The van der Waals surface area contributed by atoms with Gasteiger partial charge in [-0.3, -0.25) is 0 Å². The van der Waals surface area contributed by atoms with Crippen LogP contribution in [-0.2, 0) is 0 Å². The maximum absolute atomic E-state index is 15.8. The Balaban J connectivity index is 1.30. The second-order valence-electron chi connectivity index (χ2n) is 13.0. The van der Waals surface area contributed by atoms with Crippen molar-refractivity contribution >= 4 is 43.6 Å². The molecule has 0 unspecified atom stereocenters. The maximum Gasteiger partial charge on any atom is 0.159 e. The lowest BCUT2D eigenvalue weighted by Gasteiger charge is -2.22. The van der Waals surface area contributed by atoms with Crippen molar-refractivity contribution < 1.29 is 8.78 Å². The molecule has 0 saturated carbocycles. The lowest BCUT2D eigenvalue weighted by molar-refractivity contribution is 0.589. The fraction of sp³-hybridized carbons (Fsp3) is 0.0222. The van der Waals surface area contributed by atoms with Gasteiger partial charge in [-0.2, -0.15) is 0 Å². The third kappa shape index (κ3) is 4.76. The van der Waals surface area contributed by atoms with Gasteiger partial charge in [-0.25, -0.2) is 28.7 Å². The summed E-state index contributed by atoms with van der Waals surface area (Å²) in [4.78, 5) is 18.0. The van der Waals surface area contributed by atoms with Crippen molar-refractivity contribution in [2.24, 2.45) is 0 Å². The van der Waals surface area contributed by atoms with Gasteiger partial charge in [0, 0.05) is 63.0 Å². The molecule has 4 heterocycles. The summed E-state index contributed by atoms with van der Waals surface area (Å²) in [6.45, 7) is 2.03. The normalized spacial score (nSPS) is 11.7. The molecule has 10 rings (SSSR count). The quantitative estimate of drug-likeness (QED) is 0.180. The minimum atomic E-state index is -0.629. The monoisotopic (exact) mass is 690 g/mol. The highest BCUT2D eigenvalue weighted by molar-refractivity contribution is 6.12. The molecule has 0 aliphatic carbocycles. The van der Waals surface area contributed by atoms with Crippen molar-refractivity contribution in [3.63, 3.8) is 0 Å². The summed E-state index contributed by atoms with van der Waals surface area (Å²) < 4.78 is 36.1. The molecule has 0 radical (unpaired) electrons. The van der Waals surface area contributed by atoms with E-state index in [4.69, 9.17) is 0 Å². The van der Waals surface area contributed by atoms with E-state index in [9.17, 15) is 0 Å². The predicted molar refractivity (Wildman–Crippen MR) is 207 cm³/mol. The molecule has 252 valence electrons. The summed E-state index contributed by atoms with van der Waals surface area (Å²) in [6.07, 6.45) is 6.94. The molecule has 6 nitrogen and oxygen atoms in total. The summed E-state index contributed by atoms with van der Waals surface area (Å²) in [7, 11) is 0. The van der Waals surface area contributed by atoms with Crippen LogP contribution in [0.15, 0.2) is 152 Å². The van der Waals surface area contributed by atoms with Gasteiger partial charge < -0.3 is 9.13 Å². The van der Waals surface area contributed by atoms with Gasteiger partial charge >= 0.3 is 0 Å². The molecule has 0 bridgehead atoms. The highest BCUT2D eigenvalue weighted by Gasteiger charge is 2.25. The van der Waals surface area contributed by atoms with Gasteiger partial charge in [-0.1, -0.05) is 42.5 Å². The summed E-state index contributed by atoms with van der Waals surface area (Å²) in [5.74, 6) is 0.00611. The van der Waals surface area contributed by atoms with Crippen LogP contribution < -0.4 is 0 Å². The lowest BCUT2D eigenvalue weighted by Crippen LogP contribution is -2.07. The molecule has 6 aromatic carbocycles. The second-order valence-corrected chi connectivity index (χ2v) is 13.0. The van der Waals surface area contributed by atoms with Gasteiger partial charge in [-0.15, -0.1) is 0 Å². The molecule has 0 aliphatic rings. The fourth-order valence-electron chi connectivity index (χ4n) is 7.80. The first-order chi connectivity index (χ1) is 26.1. The van der Waals surface area contributed by atoms with Crippen LogP contribution >= 0.6 is 0 Å². The van der Waals surface area contributed by atoms with E-state index in [0.29, 0.717) is 22.9 Å². The number of benzene rings is 6. The van der Waals surface area contributed by atoms with Crippen LogP contribution in [0, 0.1) is 18.6 Å². The third-order valence-electron chi connectivity index (χ3n) is 10.1. The van der Waals surface area contributed by atoms with Crippen molar-refractivity contribution in [3.8, 4) is 45.3 Å². The molecule has 0 fully saturated rings. The Hall–Kier alpha value is -7.06. The number of para-hydroxylation sites is 2. The van der Waals surface area contributed by atoms with Gasteiger partial charge in [0.2, 0.25) is 0 Å². The molecule has 0 N–H and O–H groups in total. The number of aromatic nitrogens is 6. The van der Waals surface area contributed by atoms with Crippen molar-refractivity contribution in [1.29, 1.82) is 0 Å². The molecule has 0 saturated heterocycles. The molecule has 53 heavy (non-hydrogen) atoms. The first-order valence-corrected chi connectivity index (χ1v) is 17.3. The molecule has 10 aromatic rings. The molecule has 8 heteroatoms. The first-order valence-electron chi connectivity index (χ1n) is 17.3. The Morgan fingerprint density at radius 2 is 0.943 bits per heavy atom. The molecule has 0 amide bonds. The van der Waals surface area contributed by atoms with Crippen LogP contribution in [0.3, 0.4) is 0 Å². The number of fused-ring (bicyclic) bond motifs is 6. The van der Waals surface area contributed by atoms with Gasteiger partial charge in [0.15, 0.2) is 11.6 Å². The van der Waals surface area contributed by atoms with Gasteiger partial charge in [0.05, 0.1) is 39.0 Å². The Kier molecular flexibility index (Phi) is 6.97. The minimum absolute atomic E-state index is 0.0767. The molecule has 0 spiro atoms. The Morgan fingerprint density at radius 3 is 1.51 bits per heavy atom. The van der Waals surface area contributed by atoms with Gasteiger partial charge in [-0.05, 0) is 97.4 Å². The van der Waals surface area contributed by atoms with Crippen molar-refractivity contribution in [1.82, 2.24) is 29.1 Å². The van der Waals surface area contributed by atoms with Gasteiger partial charge in [0.25, 0.3) is 0 Å². The van der Waals surface area contributed by atoms with E-state index in [1.807, 2.05) is 61.5 Å². The lowest BCUT2D eigenvalue weighted by atomic mass is 9.97. The minimum Gasteiger partial charge on any atom is -0.309 e. The highest BCUT2D eigenvalue weighted by Crippen LogP contribution is 2.43. The Morgan fingerprint density at radius 1 is 0.453 bits per heavy atom. The van der Waals surface area contributed by atoms with E-state index in [0.717, 1.165) is 66.0 Å². The highest BCUT2D eigenvalue weighted by atomic mass is 19.1. The van der Waals surface area contributed by atoms with Crippen molar-refractivity contribution in [2.45, 2.75) is 6.92 Å². The molecule has 0 atom stereocenters. The van der Waals surface area contributed by atoms with Crippen LogP contribution in [0.2, 0.25) is 0 Å². The number of hydrogen-bond donors (Lipinski definition) is 0.